The zero-order valence-electron chi connectivity index (χ0n) is 17.0. The molecule has 30 heavy (non-hydrogen) atoms. The highest BCUT2D eigenvalue weighted by atomic mass is 32.1. The largest absolute Gasteiger partial charge is 0.490 e. The fourth-order valence-corrected chi connectivity index (χ4v) is 3.02. The first kappa shape index (κ1) is 21.3. The van der Waals surface area contributed by atoms with Crippen LogP contribution in [0.1, 0.15) is 21.5 Å². The lowest BCUT2D eigenvalue weighted by Crippen LogP contribution is -2.34. The van der Waals surface area contributed by atoms with Gasteiger partial charge in [-0.15, -0.1) is 0 Å². The van der Waals surface area contributed by atoms with Gasteiger partial charge in [0.15, 0.2) is 5.11 Å². The van der Waals surface area contributed by atoms with E-state index in [1.165, 1.54) is 5.56 Å². The number of benzene rings is 3. The predicted molar refractivity (Wildman–Crippen MR) is 123 cm³/mol. The third kappa shape index (κ3) is 6.32. The zero-order chi connectivity index (χ0) is 21.3. The van der Waals surface area contributed by atoms with Crippen LogP contribution < -0.4 is 20.1 Å². The molecule has 2 N–H and O–H groups in total. The average molecular weight is 421 g/mol. The molecule has 0 radical (unpaired) electrons. The van der Waals surface area contributed by atoms with Crippen LogP contribution in [0.4, 0.5) is 5.69 Å². The Morgan fingerprint density at radius 2 is 1.50 bits per heavy atom. The maximum absolute atomic E-state index is 12.4. The minimum atomic E-state index is -0.281. The van der Waals surface area contributed by atoms with Crippen LogP contribution in [0.15, 0.2) is 72.8 Å². The molecule has 0 atom stereocenters. The molecule has 1 amide bonds. The molecule has 0 aliphatic carbocycles. The number of thiocarbonyl (C=S) groups is 1. The van der Waals surface area contributed by atoms with E-state index in [1.54, 1.807) is 24.3 Å². The van der Waals surface area contributed by atoms with Gasteiger partial charge >= 0.3 is 0 Å². The second-order valence-electron chi connectivity index (χ2n) is 6.76. The van der Waals surface area contributed by atoms with E-state index in [-0.39, 0.29) is 11.0 Å². The summed E-state index contributed by atoms with van der Waals surface area (Å²) in [4.78, 5) is 12.4. The molecular formula is C24H24N2O3S. The summed E-state index contributed by atoms with van der Waals surface area (Å²) in [6.45, 7) is 4.86. The van der Waals surface area contributed by atoms with Crippen LogP contribution in [0.2, 0.25) is 0 Å². The van der Waals surface area contributed by atoms with Gasteiger partial charge < -0.3 is 14.8 Å². The number of carbonyl (C=O) groups excluding carboxylic acids is 1. The number of amides is 1. The number of nitrogens with one attached hydrogen (secondary N) is 2. The fourth-order valence-electron chi connectivity index (χ4n) is 2.82. The Labute approximate surface area is 182 Å². The van der Waals surface area contributed by atoms with Crippen LogP contribution in [0.5, 0.6) is 11.5 Å². The van der Waals surface area contributed by atoms with Gasteiger partial charge in [-0.05, 0) is 74.1 Å². The zero-order valence-corrected chi connectivity index (χ0v) is 17.8. The number of ether oxygens (including phenoxy) is 2. The Bertz CT molecular complexity index is 1000. The van der Waals surface area contributed by atoms with Crippen molar-refractivity contribution in [3.8, 4) is 11.5 Å². The van der Waals surface area contributed by atoms with Gasteiger partial charge in [0.2, 0.25) is 0 Å². The summed E-state index contributed by atoms with van der Waals surface area (Å²) in [5.41, 5.74) is 3.59. The molecule has 0 aliphatic heterocycles. The van der Waals surface area contributed by atoms with Crippen LogP contribution in [0.25, 0.3) is 0 Å². The molecule has 0 saturated heterocycles. The van der Waals surface area contributed by atoms with Gasteiger partial charge in [-0.1, -0.05) is 35.9 Å². The van der Waals surface area contributed by atoms with E-state index in [1.807, 2.05) is 56.3 Å². The number of hydrogen-bond donors (Lipinski definition) is 2. The van der Waals surface area contributed by atoms with E-state index in [0.29, 0.717) is 24.5 Å². The average Bonchev–Trinajstić information content (AvgIpc) is 2.74. The van der Waals surface area contributed by atoms with Crippen molar-refractivity contribution < 1.29 is 14.3 Å². The molecular weight excluding hydrogens is 396 g/mol. The van der Waals surface area contributed by atoms with Crippen molar-refractivity contribution in [3.05, 3.63) is 89.5 Å². The van der Waals surface area contributed by atoms with Crippen molar-refractivity contribution in [1.82, 2.24) is 5.32 Å². The molecule has 0 bridgehead atoms. The quantitative estimate of drug-likeness (QED) is 0.421. The van der Waals surface area contributed by atoms with E-state index in [4.69, 9.17) is 21.7 Å². The Balaban J connectivity index is 1.45. The summed E-state index contributed by atoms with van der Waals surface area (Å²) < 4.78 is 11.2. The number of anilines is 1. The van der Waals surface area contributed by atoms with Gasteiger partial charge in [-0.2, -0.15) is 0 Å². The maximum atomic E-state index is 12.4. The Morgan fingerprint density at radius 1 is 0.867 bits per heavy atom. The number of para-hydroxylation sites is 1. The van der Waals surface area contributed by atoms with Crippen molar-refractivity contribution in [3.63, 3.8) is 0 Å². The van der Waals surface area contributed by atoms with Crippen molar-refractivity contribution in [2.75, 3.05) is 18.5 Å². The molecule has 0 unspecified atom stereocenters. The molecule has 0 spiro atoms. The molecule has 0 aromatic heterocycles. The normalized spacial score (nSPS) is 10.2. The molecule has 3 rings (SSSR count). The Morgan fingerprint density at radius 3 is 2.13 bits per heavy atom. The third-order valence-corrected chi connectivity index (χ3v) is 4.54. The number of hydrogen-bond acceptors (Lipinski definition) is 4. The van der Waals surface area contributed by atoms with Crippen molar-refractivity contribution in [2.45, 2.75) is 13.8 Å². The number of aryl methyl sites for hydroxylation is 2. The summed E-state index contributed by atoms with van der Waals surface area (Å²) in [7, 11) is 0. The van der Waals surface area contributed by atoms with Gasteiger partial charge in [-0.25, -0.2) is 0 Å². The number of rotatable bonds is 7. The highest BCUT2D eigenvalue weighted by molar-refractivity contribution is 7.80. The lowest BCUT2D eigenvalue weighted by molar-refractivity contribution is 0.0977. The standard InChI is InChI=1S/C24H24N2O3S/c1-17-8-13-22(18(2)16-17)25-24(30)26-23(27)19-9-11-21(12-10-19)29-15-14-28-20-6-4-3-5-7-20/h3-13,16H,14-15H2,1-2H3,(H2,25,26,27,30). The van der Waals surface area contributed by atoms with E-state index in [0.717, 1.165) is 17.0 Å². The summed E-state index contributed by atoms with van der Waals surface area (Å²) in [6.07, 6.45) is 0. The topological polar surface area (TPSA) is 59.6 Å². The lowest BCUT2D eigenvalue weighted by Gasteiger charge is -2.12. The molecule has 0 fully saturated rings. The third-order valence-electron chi connectivity index (χ3n) is 4.34. The molecule has 6 heteroatoms. The fraction of sp³-hybridized carbons (Fsp3) is 0.167. The highest BCUT2D eigenvalue weighted by Gasteiger charge is 2.09. The van der Waals surface area contributed by atoms with Gasteiger partial charge in [0, 0.05) is 11.3 Å². The minimum Gasteiger partial charge on any atom is -0.490 e. The smallest absolute Gasteiger partial charge is 0.257 e. The Hall–Kier alpha value is -3.38. The first-order valence-electron chi connectivity index (χ1n) is 9.61. The van der Waals surface area contributed by atoms with Gasteiger partial charge in [0.05, 0.1) is 0 Å². The van der Waals surface area contributed by atoms with Crippen LogP contribution >= 0.6 is 12.2 Å². The molecule has 0 saturated carbocycles. The molecule has 5 nitrogen and oxygen atoms in total. The second-order valence-corrected chi connectivity index (χ2v) is 7.17. The summed E-state index contributed by atoms with van der Waals surface area (Å²) in [6, 6.07) is 22.4. The Kier molecular flexibility index (Phi) is 7.40. The molecule has 0 aliphatic rings. The van der Waals surface area contributed by atoms with E-state index in [2.05, 4.69) is 16.7 Å². The second kappa shape index (κ2) is 10.4. The number of carbonyl (C=O) groups is 1. The molecule has 154 valence electrons. The highest BCUT2D eigenvalue weighted by Crippen LogP contribution is 2.16. The predicted octanol–water partition coefficient (Wildman–Crippen LogP) is 4.89. The minimum absolute atomic E-state index is 0.255. The van der Waals surface area contributed by atoms with E-state index >= 15 is 0 Å². The van der Waals surface area contributed by atoms with Crippen LogP contribution in [0.3, 0.4) is 0 Å². The SMILES string of the molecule is Cc1ccc(NC(=S)NC(=O)c2ccc(OCCOc3ccccc3)cc2)c(C)c1. The van der Waals surface area contributed by atoms with Gasteiger partial charge in [0.25, 0.3) is 5.91 Å². The van der Waals surface area contributed by atoms with Crippen LogP contribution in [-0.2, 0) is 0 Å². The van der Waals surface area contributed by atoms with Gasteiger partial charge in [0.1, 0.15) is 24.7 Å². The summed E-state index contributed by atoms with van der Waals surface area (Å²) in [5, 5.41) is 6.01. The monoisotopic (exact) mass is 420 g/mol. The first-order chi connectivity index (χ1) is 14.5. The first-order valence-corrected chi connectivity index (χ1v) is 10.0. The van der Waals surface area contributed by atoms with E-state index < -0.39 is 0 Å². The summed E-state index contributed by atoms with van der Waals surface area (Å²) >= 11 is 5.26. The molecule has 0 heterocycles. The van der Waals surface area contributed by atoms with Crippen molar-refractivity contribution in [2.24, 2.45) is 0 Å². The molecule has 3 aromatic carbocycles. The lowest BCUT2D eigenvalue weighted by atomic mass is 10.1. The van der Waals surface area contributed by atoms with Crippen LogP contribution in [-0.4, -0.2) is 24.2 Å². The van der Waals surface area contributed by atoms with Gasteiger partial charge in [-0.3, -0.25) is 10.1 Å². The maximum Gasteiger partial charge on any atom is 0.257 e. The van der Waals surface area contributed by atoms with Crippen molar-refractivity contribution >= 4 is 28.9 Å². The molecule has 3 aromatic rings. The van der Waals surface area contributed by atoms with E-state index in [9.17, 15) is 4.79 Å². The van der Waals surface area contributed by atoms with Crippen molar-refractivity contribution in [1.29, 1.82) is 0 Å². The van der Waals surface area contributed by atoms with Crippen LogP contribution in [0, 0.1) is 13.8 Å². The summed E-state index contributed by atoms with van der Waals surface area (Å²) in [5.74, 6) is 1.19.